The fraction of sp³-hybridized carbons (Fsp3) is 0.529. The van der Waals surface area contributed by atoms with Gasteiger partial charge in [-0.3, -0.25) is 9.36 Å². The SMILES string of the molecule is COCc1nccc(N2CCC(Cn3cnc(C(F)(F)F)cc3=O)CC2)n1. The van der Waals surface area contributed by atoms with Crippen molar-refractivity contribution in [1.82, 2.24) is 19.5 Å². The Kier molecular flexibility index (Phi) is 5.73. The minimum Gasteiger partial charge on any atom is -0.377 e. The Bertz CT molecular complexity index is 832. The predicted molar refractivity (Wildman–Crippen MR) is 91.2 cm³/mol. The smallest absolute Gasteiger partial charge is 0.377 e. The summed E-state index contributed by atoms with van der Waals surface area (Å²) in [4.78, 5) is 26.0. The van der Waals surface area contributed by atoms with Gasteiger partial charge in [-0.1, -0.05) is 0 Å². The fourth-order valence-electron chi connectivity index (χ4n) is 3.10. The predicted octanol–water partition coefficient (Wildman–Crippen LogP) is 2.12. The Labute approximate surface area is 153 Å². The summed E-state index contributed by atoms with van der Waals surface area (Å²) in [5, 5.41) is 0. The third kappa shape index (κ3) is 4.82. The molecular weight excluding hydrogens is 363 g/mol. The molecule has 0 aromatic carbocycles. The van der Waals surface area contributed by atoms with Crippen molar-refractivity contribution < 1.29 is 17.9 Å². The number of ether oxygens (including phenoxy) is 1. The van der Waals surface area contributed by atoms with Gasteiger partial charge in [0.1, 0.15) is 12.4 Å². The molecule has 7 nitrogen and oxygen atoms in total. The highest BCUT2D eigenvalue weighted by molar-refractivity contribution is 5.37. The zero-order valence-corrected chi connectivity index (χ0v) is 14.8. The van der Waals surface area contributed by atoms with Crippen molar-refractivity contribution in [3.8, 4) is 0 Å². The van der Waals surface area contributed by atoms with Crippen molar-refractivity contribution in [1.29, 1.82) is 0 Å². The lowest BCUT2D eigenvalue weighted by Crippen LogP contribution is -2.37. The van der Waals surface area contributed by atoms with Gasteiger partial charge in [0.05, 0.1) is 6.33 Å². The largest absolute Gasteiger partial charge is 0.433 e. The monoisotopic (exact) mass is 383 g/mol. The minimum absolute atomic E-state index is 0.192. The molecule has 0 aliphatic carbocycles. The molecule has 0 amide bonds. The summed E-state index contributed by atoms with van der Waals surface area (Å²) in [5.74, 6) is 1.63. The van der Waals surface area contributed by atoms with Crippen LogP contribution < -0.4 is 10.5 Å². The van der Waals surface area contributed by atoms with E-state index in [4.69, 9.17) is 4.74 Å². The number of aromatic nitrogens is 4. The van der Waals surface area contributed by atoms with Crippen molar-refractivity contribution in [3.05, 3.63) is 46.5 Å². The summed E-state index contributed by atoms with van der Waals surface area (Å²) >= 11 is 0. The molecule has 1 fully saturated rings. The van der Waals surface area contributed by atoms with Gasteiger partial charge in [-0.25, -0.2) is 15.0 Å². The average molecular weight is 383 g/mol. The lowest BCUT2D eigenvalue weighted by Gasteiger charge is -2.33. The van der Waals surface area contributed by atoms with Gasteiger partial charge in [0.25, 0.3) is 5.56 Å². The number of alkyl halides is 3. The summed E-state index contributed by atoms with van der Waals surface area (Å²) in [7, 11) is 1.58. The van der Waals surface area contributed by atoms with Crippen LogP contribution in [0.25, 0.3) is 0 Å². The maximum absolute atomic E-state index is 12.6. The van der Waals surface area contributed by atoms with Crippen LogP contribution in [0.5, 0.6) is 0 Å². The lowest BCUT2D eigenvalue weighted by molar-refractivity contribution is -0.141. The van der Waals surface area contributed by atoms with E-state index in [-0.39, 0.29) is 5.92 Å². The van der Waals surface area contributed by atoms with E-state index in [1.807, 2.05) is 6.07 Å². The molecule has 0 radical (unpaired) electrons. The van der Waals surface area contributed by atoms with E-state index in [0.29, 0.717) is 25.0 Å². The number of nitrogens with zero attached hydrogens (tertiary/aromatic N) is 5. The molecule has 146 valence electrons. The van der Waals surface area contributed by atoms with E-state index in [1.54, 1.807) is 13.3 Å². The summed E-state index contributed by atoms with van der Waals surface area (Å²) in [5.41, 5.74) is -1.84. The van der Waals surface area contributed by atoms with Crippen LogP contribution in [0.2, 0.25) is 0 Å². The number of piperidine rings is 1. The molecule has 0 bridgehead atoms. The molecule has 1 aliphatic heterocycles. The number of hydrogen-bond acceptors (Lipinski definition) is 6. The fourth-order valence-corrected chi connectivity index (χ4v) is 3.10. The lowest BCUT2D eigenvalue weighted by atomic mass is 9.96. The van der Waals surface area contributed by atoms with Crippen LogP contribution in [0.1, 0.15) is 24.4 Å². The molecule has 3 heterocycles. The number of halogens is 3. The zero-order chi connectivity index (χ0) is 19.4. The number of anilines is 1. The van der Waals surface area contributed by atoms with Crippen LogP contribution in [0.15, 0.2) is 29.5 Å². The number of hydrogen-bond donors (Lipinski definition) is 0. The molecule has 0 unspecified atom stereocenters. The molecule has 0 saturated carbocycles. The number of rotatable bonds is 5. The van der Waals surface area contributed by atoms with Crippen molar-refractivity contribution in [3.63, 3.8) is 0 Å². The van der Waals surface area contributed by atoms with E-state index in [9.17, 15) is 18.0 Å². The maximum atomic E-state index is 12.6. The van der Waals surface area contributed by atoms with Crippen LogP contribution >= 0.6 is 0 Å². The normalized spacial score (nSPS) is 15.9. The quantitative estimate of drug-likeness (QED) is 0.788. The molecule has 1 saturated heterocycles. The molecule has 10 heteroatoms. The molecule has 27 heavy (non-hydrogen) atoms. The van der Waals surface area contributed by atoms with Gasteiger partial charge in [-0.15, -0.1) is 0 Å². The van der Waals surface area contributed by atoms with Crippen molar-refractivity contribution >= 4 is 5.82 Å². The standard InChI is InChI=1S/C17H20F3N5O2/c1-27-10-14-21-5-2-15(23-14)24-6-3-12(4-7-24)9-25-11-22-13(8-16(25)26)17(18,19)20/h2,5,8,11-12H,3-4,6-7,9-10H2,1H3. The topological polar surface area (TPSA) is 73.1 Å². The first-order valence-electron chi connectivity index (χ1n) is 8.56. The third-order valence-corrected chi connectivity index (χ3v) is 4.53. The van der Waals surface area contributed by atoms with Gasteiger partial charge in [0.15, 0.2) is 11.5 Å². The van der Waals surface area contributed by atoms with Crippen LogP contribution in [-0.2, 0) is 24.1 Å². The van der Waals surface area contributed by atoms with Gasteiger partial charge < -0.3 is 9.64 Å². The summed E-state index contributed by atoms with van der Waals surface area (Å²) in [6.07, 6.45) is -0.327. The molecule has 0 atom stereocenters. The highest BCUT2D eigenvalue weighted by atomic mass is 19.4. The number of methoxy groups -OCH3 is 1. The minimum atomic E-state index is -4.61. The van der Waals surface area contributed by atoms with Crippen LogP contribution in [-0.4, -0.2) is 39.7 Å². The molecule has 2 aromatic heterocycles. The van der Waals surface area contributed by atoms with E-state index in [2.05, 4.69) is 19.9 Å². The van der Waals surface area contributed by atoms with Crippen molar-refractivity contribution in [2.75, 3.05) is 25.1 Å². The van der Waals surface area contributed by atoms with Gasteiger partial charge in [-0.2, -0.15) is 13.2 Å². The zero-order valence-electron chi connectivity index (χ0n) is 14.8. The second-order valence-corrected chi connectivity index (χ2v) is 6.46. The molecule has 0 spiro atoms. The van der Waals surface area contributed by atoms with Gasteiger partial charge in [0.2, 0.25) is 0 Å². The van der Waals surface area contributed by atoms with E-state index in [1.165, 1.54) is 4.57 Å². The van der Waals surface area contributed by atoms with E-state index >= 15 is 0 Å². The summed E-state index contributed by atoms with van der Waals surface area (Å²) in [6, 6.07) is 2.39. The maximum Gasteiger partial charge on any atom is 0.433 e. The van der Waals surface area contributed by atoms with Crippen molar-refractivity contribution in [2.24, 2.45) is 5.92 Å². The van der Waals surface area contributed by atoms with E-state index < -0.39 is 17.4 Å². The Morgan fingerprint density at radius 1 is 1.26 bits per heavy atom. The Morgan fingerprint density at radius 3 is 2.63 bits per heavy atom. The van der Waals surface area contributed by atoms with Gasteiger partial charge in [0, 0.05) is 39.0 Å². The van der Waals surface area contributed by atoms with Crippen LogP contribution in [0, 0.1) is 5.92 Å². The van der Waals surface area contributed by atoms with Gasteiger partial charge >= 0.3 is 6.18 Å². The Balaban J connectivity index is 1.60. The Hall–Kier alpha value is -2.49. The second-order valence-electron chi connectivity index (χ2n) is 6.46. The molecule has 1 aliphatic rings. The second kappa shape index (κ2) is 8.03. The van der Waals surface area contributed by atoms with Crippen LogP contribution in [0.4, 0.5) is 19.0 Å². The Morgan fingerprint density at radius 2 is 2.00 bits per heavy atom. The first-order chi connectivity index (χ1) is 12.9. The first kappa shape index (κ1) is 19.3. The van der Waals surface area contributed by atoms with Gasteiger partial charge in [-0.05, 0) is 24.8 Å². The first-order valence-corrected chi connectivity index (χ1v) is 8.56. The molecule has 3 rings (SSSR count). The highest BCUT2D eigenvalue weighted by Gasteiger charge is 2.33. The molecule has 2 aromatic rings. The summed E-state index contributed by atoms with van der Waals surface area (Å²) < 4.78 is 44.1. The summed E-state index contributed by atoms with van der Waals surface area (Å²) in [6.45, 7) is 2.19. The van der Waals surface area contributed by atoms with Crippen LogP contribution in [0.3, 0.4) is 0 Å². The van der Waals surface area contributed by atoms with Crippen molar-refractivity contribution in [2.45, 2.75) is 32.2 Å². The third-order valence-electron chi connectivity index (χ3n) is 4.53. The molecule has 0 N–H and O–H groups in total. The van der Waals surface area contributed by atoms with E-state index in [0.717, 1.165) is 38.1 Å². The highest BCUT2D eigenvalue weighted by Crippen LogP contribution is 2.26. The average Bonchev–Trinajstić information content (AvgIpc) is 2.64. The molecular formula is C17H20F3N5O2.